The van der Waals surface area contributed by atoms with E-state index in [4.69, 9.17) is 9.47 Å². The Morgan fingerprint density at radius 3 is 2.19 bits per heavy atom. The zero-order valence-corrected chi connectivity index (χ0v) is 19.6. The van der Waals surface area contributed by atoms with Crippen LogP contribution in [0.15, 0.2) is 24.3 Å². The summed E-state index contributed by atoms with van der Waals surface area (Å²) < 4.78 is 10.4. The van der Waals surface area contributed by atoms with Crippen LogP contribution in [-0.2, 0) is 16.0 Å². The lowest BCUT2D eigenvalue weighted by Gasteiger charge is -2.43. The van der Waals surface area contributed by atoms with Gasteiger partial charge >= 0.3 is 6.03 Å². The van der Waals surface area contributed by atoms with Gasteiger partial charge in [0, 0.05) is 33.3 Å². The molecule has 2 saturated heterocycles. The average Bonchev–Trinajstić information content (AvgIpc) is 2.92. The smallest absolute Gasteiger partial charge is 0.327 e. The molecule has 1 aromatic carbocycles. The largest absolute Gasteiger partial charge is 0.497 e. The number of hydrogen-bond donors (Lipinski definition) is 0. The maximum absolute atomic E-state index is 13.5. The minimum atomic E-state index is -0.730. The van der Waals surface area contributed by atoms with Crippen molar-refractivity contribution in [2.24, 2.45) is 5.41 Å². The molecule has 0 aromatic heterocycles. The number of carbonyl (C=O) groups is 2. The second-order valence-corrected chi connectivity index (χ2v) is 9.85. The number of piperidine rings is 1. The van der Waals surface area contributed by atoms with E-state index in [1.807, 2.05) is 29.2 Å². The highest BCUT2D eigenvalue weighted by molar-refractivity contribution is 6.07. The van der Waals surface area contributed by atoms with Crippen molar-refractivity contribution in [3.05, 3.63) is 29.8 Å². The van der Waals surface area contributed by atoms with Crippen molar-refractivity contribution in [3.63, 3.8) is 0 Å². The fourth-order valence-corrected chi connectivity index (χ4v) is 4.74. The Labute approximate surface area is 186 Å². The SMILES string of the molecule is COCCN1C(=O)N(CCc2ccc(OC)cc2)C2(CCN(CC(C)(C)C)CC2)C1=O. The minimum Gasteiger partial charge on any atom is -0.497 e. The van der Waals surface area contributed by atoms with Crippen molar-refractivity contribution in [1.29, 1.82) is 0 Å². The van der Waals surface area contributed by atoms with Gasteiger partial charge in [-0.3, -0.25) is 9.69 Å². The van der Waals surface area contributed by atoms with Crippen molar-refractivity contribution < 1.29 is 19.1 Å². The first-order chi connectivity index (χ1) is 14.7. The molecule has 0 atom stereocenters. The zero-order valence-electron chi connectivity index (χ0n) is 19.6. The Hall–Kier alpha value is -2.12. The van der Waals surface area contributed by atoms with Gasteiger partial charge in [0.1, 0.15) is 11.3 Å². The minimum absolute atomic E-state index is 0.0558. The molecule has 0 aliphatic carbocycles. The Bertz CT molecular complexity index is 764. The summed E-state index contributed by atoms with van der Waals surface area (Å²) in [5, 5.41) is 0. The van der Waals surface area contributed by atoms with E-state index in [0.717, 1.165) is 30.9 Å². The van der Waals surface area contributed by atoms with Crippen molar-refractivity contribution in [1.82, 2.24) is 14.7 Å². The molecular weight excluding hydrogens is 394 g/mol. The molecule has 2 fully saturated rings. The number of urea groups is 1. The second kappa shape index (κ2) is 9.57. The van der Waals surface area contributed by atoms with Crippen molar-refractivity contribution in [3.8, 4) is 5.75 Å². The van der Waals surface area contributed by atoms with Gasteiger partial charge < -0.3 is 19.3 Å². The number of imide groups is 1. The van der Waals surface area contributed by atoms with E-state index in [9.17, 15) is 9.59 Å². The Kier molecular flexibility index (Phi) is 7.27. The molecule has 172 valence electrons. The van der Waals surface area contributed by atoms with Gasteiger partial charge in [0.2, 0.25) is 0 Å². The van der Waals surface area contributed by atoms with Crippen LogP contribution in [0.2, 0.25) is 0 Å². The lowest BCUT2D eigenvalue weighted by molar-refractivity contribution is -0.136. The summed E-state index contributed by atoms with van der Waals surface area (Å²) in [7, 11) is 3.24. The van der Waals surface area contributed by atoms with Gasteiger partial charge in [-0.25, -0.2) is 4.79 Å². The van der Waals surface area contributed by atoms with Crippen LogP contribution in [-0.4, -0.2) is 85.7 Å². The first-order valence-electron chi connectivity index (χ1n) is 11.2. The van der Waals surface area contributed by atoms with E-state index in [0.29, 0.717) is 39.0 Å². The lowest BCUT2D eigenvalue weighted by atomic mass is 9.84. The molecule has 7 heteroatoms. The molecule has 31 heavy (non-hydrogen) atoms. The quantitative estimate of drug-likeness (QED) is 0.592. The van der Waals surface area contributed by atoms with Gasteiger partial charge in [-0.1, -0.05) is 32.9 Å². The predicted octanol–water partition coefficient (Wildman–Crippen LogP) is 3.03. The summed E-state index contributed by atoms with van der Waals surface area (Å²) in [6, 6.07) is 7.71. The van der Waals surface area contributed by atoms with Crippen molar-refractivity contribution in [2.45, 2.75) is 45.6 Å². The van der Waals surface area contributed by atoms with Gasteiger partial charge in [-0.2, -0.15) is 0 Å². The molecule has 0 unspecified atom stereocenters. The standard InChI is InChI=1S/C24H37N3O4/c1-23(2,3)18-25-14-11-24(12-15-25)21(28)26(16-17-30-4)22(29)27(24)13-10-19-6-8-20(31-5)9-7-19/h6-9H,10-18H2,1-5H3. The number of carbonyl (C=O) groups excluding carboxylic acids is 2. The average molecular weight is 432 g/mol. The third kappa shape index (κ3) is 5.21. The summed E-state index contributed by atoms with van der Waals surface area (Å²) in [6.07, 6.45) is 2.06. The van der Waals surface area contributed by atoms with Gasteiger partial charge in [0.25, 0.3) is 5.91 Å². The van der Waals surface area contributed by atoms with Crippen LogP contribution >= 0.6 is 0 Å². The number of amides is 3. The number of ether oxygens (including phenoxy) is 2. The molecule has 0 bridgehead atoms. The van der Waals surface area contributed by atoms with Crippen LogP contribution in [0.25, 0.3) is 0 Å². The molecule has 2 heterocycles. The predicted molar refractivity (Wildman–Crippen MR) is 120 cm³/mol. The first-order valence-corrected chi connectivity index (χ1v) is 11.2. The second-order valence-electron chi connectivity index (χ2n) is 9.85. The van der Waals surface area contributed by atoms with Crippen LogP contribution in [0.4, 0.5) is 4.79 Å². The third-order valence-electron chi connectivity index (χ3n) is 6.31. The third-order valence-corrected chi connectivity index (χ3v) is 6.31. The van der Waals surface area contributed by atoms with Crippen LogP contribution in [0.3, 0.4) is 0 Å². The normalized spacial score (nSPS) is 19.5. The van der Waals surface area contributed by atoms with Gasteiger partial charge in [0.15, 0.2) is 0 Å². The summed E-state index contributed by atoms with van der Waals surface area (Å²) in [6.45, 7) is 10.5. The fourth-order valence-electron chi connectivity index (χ4n) is 4.74. The number of methoxy groups -OCH3 is 2. The van der Waals surface area contributed by atoms with E-state index < -0.39 is 5.54 Å². The van der Waals surface area contributed by atoms with Gasteiger partial charge in [-0.15, -0.1) is 0 Å². The Balaban J connectivity index is 1.76. The van der Waals surface area contributed by atoms with Crippen LogP contribution in [0, 0.1) is 5.41 Å². The molecule has 2 aliphatic rings. The van der Waals surface area contributed by atoms with E-state index in [1.54, 1.807) is 14.2 Å². The number of hydrogen-bond acceptors (Lipinski definition) is 5. The van der Waals surface area contributed by atoms with Crippen LogP contribution < -0.4 is 4.74 Å². The van der Waals surface area contributed by atoms with Gasteiger partial charge in [-0.05, 0) is 42.4 Å². The number of likely N-dealkylation sites (tertiary alicyclic amines) is 1. The summed E-state index contributed by atoms with van der Waals surface area (Å²) in [5.41, 5.74) is 0.598. The van der Waals surface area contributed by atoms with Crippen LogP contribution in [0.1, 0.15) is 39.2 Å². The highest BCUT2D eigenvalue weighted by atomic mass is 16.5. The molecule has 1 spiro atoms. The van der Waals surface area contributed by atoms with Crippen molar-refractivity contribution in [2.75, 3.05) is 53.6 Å². The van der Waals surface area contributed by atoms with Gasteiger partial charge in [0.05, 0.1) is 20.3 Å². The lowest BCUT2D eigenvalue weighted by Crippen LogP contribution is -2.57. The van der Waals surface area contributed by atoms with E-state index in [2.05, 4.69) is 25.7 Å². The maximum Gasteiger partial charge on any atom is 0.327 e. The molecule has 0 saturated carbocycles. The summed E-state index contributed by atoms with van der Waals surface area (Å²) in [4.78, 5) is 32.4. The molecule has 2 aliphatic heterocycles. The Morgan fingerprint density at radius 1 is 1.00 bits per heavy atom. The monoisotopic (exact) mass is 431 g/mol. The molecule has 0 radical (unpaired) electrons. The molecule has 1 aromatic rings. The molecule has 0 N–H and O–H groups in total. The van der Waals surface area contributed by atoms with E-state index >= 15 is 0 Å². The number of nitrogens with zero attached hydrogens (tertiary/aromatic N) is 3. The van der Waals surface area contributed by atoms with Crippen LogP contribution in [0.5, 0.6) is 5.75 Å². The molecule has 3 amide bonds. The number of rotatable bonds is 8. The highest BCUT2D eigenvalue weighted by Gasteiger charge is 2.57. The number of benzene rings is 1. The topological polar surface area (TPSA) is 62.3 Å². The fraction of sp³-hybridized carbons (Fsp3) is 0.667. The molecule has 7 nitrogen and oxygen atoms in total. The van der Waals surface area contributed by atoms with E-state index in [1.165, 1.54) is 4.90 Å². The first kappa shape index (κ1) is 23.5. The Morgan fingerprint density at radius 2 is 1.65 bits per heavy atom. The zero-order chi connectivity index (χ0) is 22.6. The van der Waals surface area contributed by atoms with Crippen molar-refractivity contribution >= 4 is 11.9 Å². The van der Waals surface area contributed by atoms with E-state index in [-0.39, 0.29) is 17.4 Å². The summed E-state index contributed by atoms with van der Waals surface area (Å²) >= 11 is 0. The summed E-state index contributed by atoms with van der Waals surface area (Å²) in [5.74, 6) is 0.754. The molecular formula is C24H37N3O4. The highest BCUT2D eigenvalue weighted by Crippen LogP contribution is 2.38. The maximum atomic E-state index is 13.5. The molecule has 3 rings (SSSR count).